The Bertz CT molecular complexity index is 225. The van der Waals surface area contributed by atoms with E-state index in [1.165, 1.54) is 11.1 Å². The molecule has 1 aromatic rings. The molecule has 0 aromatic heterocycles. The van der Waals surface area contributed by atoms with E-state index >= 15 is 0 Å². The molecule has 1 rings (SSSR count). The first kappa shape index (κ1) is 10.3. The summed E-state index contributed by atoms with van der Waals surface area (Å²) >= 11 is 0. The van der Waals surface area contributed by atoms with E-state index in [1.54, 1.807) is 0 Å². The molecule has 0 atom stereocenters. The summed E-state index contributed by atoms with van der Waals surface area (Å²) in [5, 5.41) is 3.33. The quantitative estimate of drug-likeness (QED) is 0.681. The van der Waals surface area contributed by atoms with Crippen LogP contribution in [-0.2, 0) is 12.8 Å². The van der Waals surface area contributed by atoms with Crippen molar-refractivity contribution in [3.8, 4) is 0 Å². The van der Waals surface area contributed by atoms with Crippen molar-refractivity contribution >= 4 is 0 Å². The van der Waals surface area contributed by atoms with Crippen LogP contribution in [0.1, 0.15) is 25.0 Å². The van der Waals surface area contributed by atoms with Crippen molar-refractivity contribution in [3.05, 3.63) is 35.4 Å². The smallest absolute Gasteiger partial charge is 0.000847 e. The van der Waals surface area contributed by atoms with Crippen molar-refractivity contribution in [2.24, 2.45) is 0 Å². The first-order valence-electron chi connectivity index (χ1n) is 5.15. The second-order valence-electron chi connectivity index (χ2n) is 3.27. The van der Waals surface area contributed by atoms with E-state index in [-0.39, 0.29) is 0 Å². The summed E-state index contributed by atoms with van der Waals surface area (Å²) in [5.74, 6) is 0. The second-order valence-corrected chi connectivity index (χ2v) is 3.27. The van der Waals surface area contributed by atoms with Gasteiger partial charge in [-0.2, -0.15) is 0 Å². The van der Waals surface area contributed by atoms with Crippen molar-refractivity contribution in [1.82, 2.24) is 5.32 Å². The highest BCUT2D eigenvalue weighted by molar-refractivity contribution is 5.22. The van der Waals surface area contributed by atoms with Crippen LogP contribution in [0, 0.1) is 0 Å². The summed E-state index contributed by atoms with van der Waals surface area (Å²) in [4.78, 5) is 0. The van der Waals surface area contributed by atoms with Gasteiger partial charge in [-0.25, -0.2) is 0 Å². The van der Waals surface area contributed by atoms with Gasteiger partial charge >= 0.3 is 0 Å². The van der Waals surface area contributed by atoms with Gasteiger partial charge in [-0.3, -0.25) is 0 Å². The van der Waals surface area contributed by atoms with Crippen LogP contribution in [0.4, 0.5) is 0 Å². The van der Waals surface area contributed by atoms with Gasteiger partial charge in [-0.15, -0.1) is 0 Å². The van der Waals surface area contributed by atoms with E-state index in [1.807, 2.05) is 0 Å². The number of rotatable bonds is 5. The van der Waals surface area contributed by atoms with E-state index < -0.39 is 0 Å². The zero-order valence-corrected chi connectivity index (χ0v) is 8.64. The number of benzene rings is 1. The zero-order chi connectivity index (χ0) is 9.52. The molecule has 0 spiro atoms. The number of hydrogen-bond donors (Lipinski definition) is 1. The monoisotopic (exact) mass is 177 g/mol. The molecule has 0 bridgehead atoms. The summed E-state index contributed by atoms with van der Waals surface area (Å²) in [6, 6.07) is 8.91. The highest BCUT2D eigenvalue weighted by Crippen LogP contribution is 2.04. The van der Waals surface area contributed by atoms with Crippen LogP contribution >= 0.6 is 0 Å². The van der Waals surface area contributed by atoms with Crippen molar-refractivity contribution in [3.63, 3.8) is 0 Å². The Morgan fingerprint density at radius 1 is 1.00 bits per heavy atom. The molecule has 0 aliphatic heterocycles. The standard InChI is InChI=1S/C12H19N/c1-3-11-5-7-12(8-6-11)9-10-13-4-2/h5-8,13H,3-4,9-10H2,1-2H3. The Morgan fingerprint density at radius 3 is 2.15 bits per heavy atom. The van der Waals surface area contributed by atoms with E-state index in [2.05, 4.69) is 43.4 Å². The minimum atomic E-state index is 1.06. The van der Waals surface area contributed by atoms with Gasteiger partial charge in [0.2, 0.25) is 0 Å². The lowest BCUT2D eigenvalue weighted by atomic mass is 10.1. The Balaban J connectivity index is 2.40. The Kier molecular flexibility index (Phi) is 4.55. The fraction of sp³-hybridized carbons (Fsp3) is 0.500. The molecule has 1 heteroatoms. The van der Waals surface area contributed by atoms with Crippen molar-refractivity contribution in [2.75, 3.05) is 13.1 Å². The predicted octanol–water partition coefficient (Wildman–Crippen LogP) is 2.40. The van der Waals surface area contributed by atoms with Crippen molar-refractivity contribution in [2.45, 2.75) is 26.7 Å². The average molecular weight is 177 g/mol. The van der Waals surface area contributed by atoms with Gasteiger partial charge in [-0.05, 0) is 37.1 Å². The fourth-order valence-corrected chi connectivity index (χ4v) is 1.35. The molecule has 1 aromatic carbocycles. The van der Waals surface area contributed by atoms with Gasteiger partial charge in [0.25, 0.3) is 0 Å². The largest absolute Gasteiger partial charge is 0.317 e. The van der Waals surface area contributed by atoms with E-state index in [0.29, 0.717) is 0 Å². The molecule has 1 nitrogen and oxygen atoms in total. The van der Waals surface area contributed by atoms with Gasteiger partial charge < -0.3 is 5.32 Å². The van der Waals surface area contributed by atoms with Gasteiger partial charge in [0.15, 0.2) is 0 Å². The van der Waals surface area contributed by atoms with Crippen molar-refractivity contribution in [1.29, 1.82) is 0 Å². The molecular weight excluding hydrogens is 158 g/mol. The molecule has 0 saturated heterocycles. The highest BCUT2D eigenvalue weighted by atomic mass is 14.8. The van der Waals surface area contributed by atoms with Gasteiger partial charge in [0.1, 0.15) is 0 Å². The van der Waals surface area contributed by atoms with Gasteiger partial charge in [0, 0.05) is 0 Å². The molecule has 0 saturated carbocycles. The number of hydrogen-bond acceptors (Lipinski definition) is 1. The van der Waals surface area contributed by atoms with Crippen LogP contribution in [-0.4, -0.2) is 13.1 Å². The molecule has 13 heavy (non-hydrogen) atoms. The molecule has 72 valence electrons. The Labute approximate surface area is 81.2 Å². The third-order valence-corrected chi connectivity index (χ3v) is 2.27. The first-order chi connectivity index (χ1) is 6.36. The topological polar surface area (TPSA) is 12.0 Å². The summed E-state index contributed by atoms with van der Waals surface area (Å²) in [5.41, 5.74) is 2.85. The summed E-state index contributed by atoms with van der Waals surface area (Å²) in [6.45, 7) is 6.48. The Morgan fingerprint density at radius 2 is 1.62 bits per heavy atom. The number of nitrogens with one attached hydrogen (secondary N) is 1. The van der Waals surface area contributed by atoms with Gasteiger partial charge in [-0.1, -0.05) is 38.1 Å². The lowest BCUT2D eigenvalue weighted by Crippen LogP contribution is -2.15. The molecule has 0 amide bonds. The summed E-state index contributed by atoms with van der Waals surface area (Å²) in [7, 11) is 0. The average Bonchev–Trinajstić information content (AvgIpc) is 2.19. The molecule has 1 N–H and O–H groups in total. The second kappa shape index (κ2) is 5.76. The minimum absolute atomic E-state index is 1.06. The normalized spacial score (nSPS) is 10.3. The maximum Gasteiger partial charge on any atom is -0.000847 e. The Hall–Kier alpha value is -0.820. The van der Waals surface area contributed by atoms with Crippen LogP contribution in [0.5, 0.6) is 0 Å². The maximum absolute atomic E-state index is 3.33. The minimum Gasteiger partial charge on any atom is -0.317 e. The van der Waals surface area contributed by atoms with E-state index in [0.717, 1.165) is 25.9 Å². The van der Waals surface area contributed by atoms with Crippen LogP contribution in [0.25, 0.3) is 0 Å². The van der Waals surface area contributed by atoms with Crippen LogP contribution in [0.3, 0.4) is 0 Å². The third-order valence-electron chi connectivity index (χ3n) is 2.27. The molecule has 0 aliphatic rings. The highest BCUT2D eigenvalue weighted by Gasteiger charge is 1.92. The molecule has 0 heterocycles. The molecule has 0 aliphatic carbocycles. The third kappa shape index (κ3) is 3.60. The van der Waals surface area contributed by atoms with Gasteiger partial charge in [0.05, 0.1) is 0 Å². The number of aryl methyl sites for hydroxylation is 1. The van der Waals surface area contributed by atoms with Crippen LogP contribution < -0.4 is 5.32 Å². The zero-order valence-electron chi connectivity index (χ0n) is 8.64. The molecule has 0 unspecified atom stereocenters. The lowest BCUT2D eigenvalue weighted by Gasteiger charge is -2.03. The lowest BCUT2D eigenvalue weighted by molar-refractivity contribution is 0.716. The SMILES string of the molecule is CCNCCc1ccc(CC)cc1. The first-order valence-corrected chi connectivity index (χ1v) is 5.15. The summed E-state index contributed by atoms with van der Waals surface area (Å²) < 4.78 is 0. The van der Waals surface area contributed by atoms with E-state index in [9.17, 15) is 0 Å². The van der Waals surface area contributed by atoms with Crippen molar-refractivity contribution < 1.29 is 0 Å². The number of likely N-dealkylation sites (N-methyl/N-ethyl adjacent to an activating group) is 1. The predicted molar refractivity (Wildman–Crippen MR) is 58.1 cm³/mol. The molecular formula is C12H19N. The molecule has 0 fully saturated rings. The van der Waals surface area contributed by atoms with Crippen LogP contribution in [0.2, 0.25) is 0 Å². The fourth-order valence-electron chi connectivity index (χ4n) is 1.35. The maximum atomic E-state index is 3.33. The van der Waals surface area contributed by atoms with Crippen LogP contribution in [0.15, 0.2) is 24.3 Å². The van der Waals surface area contributed by atoms with E-state index in [4.69, 9.17) is 0 Å². The molecule has 0 radical (unpaired) electrons. The summed E-state index contributed by atoms with van der Waals surface area (Å²) in [6.07, 6.45) is 2.27.